The van der Waals surface area contributed by atoms with E-state index in [0.717, 1.165) is 25.9 Å². The second-order valence-electron chi connectivity index (χ2n) is 6.27. The van der Waals surface area contributed by atoms with Crippen molar-refractivity contribution in [3.63, 3.8) is 0 Å². The lowest BCUT2D eigenvalue weighted by Gasteiger charge is -2.60. The molecule has 3 fully saturated rings. The van der Waals surface area contributed by atoms with E-state index in [2.05, 4.69) is 37.4 Å². The summed E-state index contributed by atoms with van der Waals surface area (Å²) in [5, 5.41) is 13.0. The van der Waals surface area contributed by atoms with Gasteiger partial charge in [-0.3, -0.25) is 0 Å². The van der Waals surface area contributed by atoms with E-state index in [0.29, 0.717) is 6.61 Å². The molecule has 18 heavy (non-hydrogen) atoms. The van der Waals surface area contributed by atoms with E-state index >= 15 is 0 Å². The van der Waals surface area contributed by atoms with Crippen LogP contribution in [0.2, 0.25) is 0 Å². The Balaban J connectivity index is 0.00000120. The number of hydrogen-bond donors (Lipinski definition) is 2. The Hall–Kier alpha value is -0.570. The lowest BCUT2D eigenvalue weighted by Crippen LogP contribution is -2.65. The first kappa shape index (κ1) is 13.9. The summed E-state index contributed by atoms with van der Waals surface area (Å²) in [6.45, 7) is 6.71. The summed E-state index contributed by atoms with van der Waals surface area (Å²) in [6.07, 6.45) is 2.29. The molecular weight excluding hydrogens is 246 g/mol. The highest BCUT2D eigenvalue weighted by molar-refractivity contribution is 5.85. The Labute approximate surface area is 115 Å². The zero-order chi connectivity index (χ0) is 12.1. The fraction of sp³-hybridized carbons (Fsp3) is 0.600. The summed E-state index contributed by atoms with van der Waals surface area (Å²) in [6, 6.07) is 6.87. The van der Waals surface area contributed by atoms with Gasteiger partial charge >= 0.3 is 0 Å². The fourth-order valence-corrected chi connectivity index (χ4v) is 3.96. The molecule has 100 valence electrons. The molecule has 0 unspecified atom stereocenters. The van der Waals surface area contributed by atoms with Gasteiger partial charge in [0.15, 0.2) is 0 Å². The standard InChI is InChI=1S/C15H21NO.ClH/c1-11-3-12(2)5-13(4-11)15-6-14(7-15,10-17)8-16-9-15;/h3-5,16-17H,6-10H2,1-2H3;1H. The molecule has 0 amide bonds. The van der Waals surface area contributed by atoms with Crippen LogP contribution in [0.1, 0.15) is 29.5 Å². The smallest absolute Gasteiger partial charge is 0.0500 e. The first-order valence-corrected chi connectivity index (χ1v) is 6.48. The number of aryl methyl sites for hydroxylation is 2. The van der Waals surface area contributed by atoms with Crippen LogP contribution in [0.4, 0.5) is 0 Å². The van der Waals surface area contributed by atoms with Crippen LogP contribution < -0.4 is 5.32 Å². The molecule has 3 heteroatoms. The fourth-order valence-electron chi connectivity index (χ4n) is 3.96. The number of benzene rings is 1. The molecule has 4 rings (SSSR count). The molecule has 1 aromatic carbocycles. The molecule has 0 atom stereocenters. The van der Waals surface area contributed by atoms with Gasteiger partial charge in [0.25, 0.3) is 0 Å². The maximum atomic E-state index is 9.52. The van der Waals surface area contributed by atoms with E-state index in [1.807, 2.05) is 0 Å². The Morgan fingerprint density at radius 1 is 1.11 bits per heavy atom. The van der Waals surface area contributed by atoms with Crippen molar-refractivity contribution in [3.05, 3.63) is 34.9 Å². The summed E-state index contributed by atoms with van der Waals surface area (Å²) in [7, 11) is 0. The molecule has 1 aromatic rings. The SMILES string of the molecule is Cc1cc(C)cc(C23CNCC(CO)(C2)C3)c1.Cl. The summed E-state index contributed by atoms with van der Waals surface area (Å²) in [4.78, 5) is 0. The van der Waals surface area contributed by atoms with E-state index in [1.165, 1.54) is 16.7 Å². The van der Waals surface area contributed by atoms with E-state index in [-0.39, 0.29) is 23.2 Å². The Morgan fingerprint density at radius 3 is 2.28 bits per heavy atom. The predicted molar refractivity (Wildman–Crippen MR) is 76.5 cm³/mol. The number of aliphatic hydroxyl groups is 1. The van der Waals surface area contributed by atoms with Gasteiger partial charge in [0.1, 0.15) is 0 Å². The lowest BCUT2D eigenvalue weighted by atomic mass is 9.48. The van der Waals surface area contributed by atoms with Crippen molar-refractivity contribution in [2.45, 2.75) is 32.1 Å². The average Bonchev–Trinajstić information content (AvgIpc) is 2.27. The largest absolute Gasteiger partial charge is 0.396 e. The van der Waals surface area contributed by atoms with E-state index in [4.69, 9.17) is 0 Å². The Bertz CT molecular complexity index is 432. The Morgan fingerprint density at radius 2 is 1.72 bits per heavy atom. The van der Waals surface area contributed by atoms with Gasteiger partial charge in [-0.25, -0.2) is 0 Å². The molecule has 2 N–H and O–H groups in total. The number of piperidine rings is 2. The minimum Gasteiger partial charge on any atom is -0.396 e. The van der Waals surface area contributed by atoms with E-state index < -0.39 is 0 Å². The molecule has 0 radical (unpaired) electrons. The molecule has 2 heterocycles. The quantitative estimate of drug-likeness (QED) is 0.862. The van der Waals surface area contributed by atoms with Gasteiger partial charge in [0.05, 0.1) is 0 Å². The molecule has 2 bridgehead atoms. The summed E-state index contributed by atoms with van der Waals surface area (Å²) >= 11 is 0. The van der Waals surface area contributed by atoms with Gasteiger partial charge in [0.2, 0.25) is 0 Å². The molecule has 3 aliphatic rings. The summed E-state index contributed by atoms with van der Waals surface area (Å²) in [5.41, 5.74) is 4.61. The second-order valence-corrected chi connectivity index (χ2v) is 6.27. The monoisotopic (exact) mass is 267 g/mol. The van der Waals surface area contributed by atoms with Crippen LogP contribution in [-0.4, -0.2) is 24.8 Å². The highest BCUT2D eigenvalue weighted by Crippen LogP contribution is 2.57. The highest BCUT2D eigenvalue weighted by Gasteiger charge is 2.57. The molecular formula is C15H22ClNO. The summed E-state index contributed by atoms with van der Waals surface area (Å²) < 4.78 is 0. The van der Waals surface area contributed by atoms with Crippen LogP contribution in [0.5, 0.6) is 0 Å². The van der Waals surface area contributed by atoms with Gasteiger partial charge in [-0.15, -0.1) is 12.4 Å². The lowest BCUT2D eigenvalue weighted by molar-refractivity contribution is -0.0582. The average molecular weight is 268 g/mol. The van der Waals surface area contributed by atoms with Crippen molar-refractivity contribution >= 4 is 12.4 Å². The third-order valence-electron chi connectivity index (χ3n) is 4.56. The molecule has 1 saturated carbocycles. The number of nitrogens with one attached hydrogen (secondary N) is 1. The van der Waals surface area contributed by atoms with Crippen molar-refractivity contribution in [1.82, 2.24) is 5.32 Å². The third kappa shape index (κ3) is 1.97. The number of aliphatic hydroxyl groups excluding tert-OH is 1. The van der Waals surface area contributed by atoms with Gasteiger partial charge in [0, 0.05) is 30.5 Å². The van der Waals surface area contributed by atoms with Crippen LogP contribution in [0.25, 0.3) is 0 Å². The molecule has 2 nitrogen and oxygen atoms in total. The number of hydrogen-bond acceptors (Lipinski definition) is 2. The number of fused-ring (bicyclic) bond motifs is 2. The summed E-state index contributed by atoms with van der Waals surface area (Å²) in [5.74, 6) is 0. The van der Waals surface area contributed by atoms with Gasteiger partial charge in [-0.1, -0.05) is 29.3 Å². The Kier molecular flexibility index (Phi) is 3.48. The second kappa shape index (κ2) is 4.52. The minimum absolute atomic E-state index is 0. The van der Waals surface area contributed by atoms with Crippen molar-refractivity contribution < 1.29 is 5.11 Å². The molecule has 1 aliphatic carbocycles. The first-order valence-electron chi connectivity index (χ1n) is 6.48. The number of halogens is 1. The highest BCUT2D eigenvalue weighted by atomic mass is 35.5. The van der Waals surface area contributed by atoms with Crippen molar-refractivity contribution in [2.75, 3.05) is 19.7 Å². The van der Waals surface area contributed by atoms with Crippen LogP contribution in [-0.2, 0) is 5.41 Å². The van der Waals surface area contributed by atoms with Gasteiger partial charge < -0.3 is 10.4 Å². The van der Waals surface area contributed by atoms with Crippen LogP contribution in [0, 0.1) is 19.3 Å². The zero-order valence-corrected chi connectivity index (χ0v) is 11.9. The predicted octanol–water partition coefficient (Wildman–Crippen LogP) is 2.34. The zero-order valence-electron chi connectivity index (χ0n) is 11.1. The normalized spacial score (nSPS) is 33.5. The molecule has 0 aromatic heterocycles. The van der Waals surface area contributed by atoms with E-state index in [9.17, 15) is 5.11 Å². The van der Waals surface area contributed by atoms with Crippen LogP contribution in [0.15, 0.2) is 18.2 Å². The number of rotatable bonds is 2. The minimum atomic E-state index is 0. The van der Waals surface area contributed by atoms with Crippen LogP contribution in [0.3, 0.4) is 0 Å². The van der Waals surface area contributed by atoms with Gasteiger partial charge in [-0.2, -0.15) is 0 Å². The third-order valence-corrected chi connectivity index (χ3v) is 4.56. The maximum absolute atomic E-state index is 9.52. The van der Waals surface area contributed by atoms with Crippen molar-refractivity contribution in [1.29, 1.82) is 0 Å². The van der Waals surface area contributed by atoms with Crippen LogP contribution >= 0.6 is 12.4 Å². The first-order chi connectivity index (χ1) is 8.07. The van der Waals surface area contributed by atoms with Crippen molar-refractivity contribution in [3.8, 4) is 0 Å². The van der Waals surface area contributed by atoms with Gasteiger partial charge in [-0.05, 0) is 32.3 Å². The topological polar surface area (TPSA) is 32.3 Å². The molecule has 2 aliphatic heterocycles. The van der Waals surface area contributed by atoms with Crippen molar-refractivity contribution in [2.24, 2.45) is 5.41 Å². The molecule has 0 spiro atoms. The maximum Gasteiger partial charge on any atom is 0.0500 e. The van der Waals surface area contributed by atoms with E-state index in [1.54, 1.807) is 0 Å². The molecule has 2 saturated heterocycles.